The average molecular weight is 235 g/mol. The summed E-state index contributed by atoms with van der Waals surface area (Å²) in [6.07, 6.45) is 3.27. The summed E-state index contributed by atoms with van der Waals surface area (Å²) in [6.45, 7) is 1.69. The highest BCUT2D eigenvalue weighted by molar-refractivity contribution is 5.88. The summed E-state index contributed by atoms with van der Waals surface area (Å²) in [7, 11) is 0. The number of phenols is 1. The van der Waals surface area contributed by atoms with E-state index in [0.29, 0.717) is 17.0 Å². The lowest BCUT2D eigenvalue weighted by Gasteiger charge is -2.32. The monoisotopic (exact) mass is 235 g/mol. The molecule has 4 heteroatoms. The highest BCUT2D eigenvalue weighted by Gasteiger charge is 2.28. The van der Waals surface area contributed by atoms with E-state index in [2.05, 4.69) is 0 Å². The summed E-state index contributed by atoms with van der Waals surface area (Å²) in [5.41, 5.74) is 7.40. The van der Waals surface area contributed by atoms with E-state index in [0.717, 1.165) is 19.3 Å². The second kappa shape index (κ2) is 4.37. The fraction of sp³-hybridized carbons (Fsp3) is 0.462. The molecule has 1 aliphatic rings. The molecular weight excluding hydrogens is 218 g/mol. The van der Waals surface area contributed by atoms with Crippen LogP contribution in [0.25, 0.3) is 0 Å². The minimum absolute atomic E-state index is 0.134. The molecule has 1 fully saturated rings. The van der Waals surface area contributed by atoms with E-state index in [1.165, 1.54) is 12.1 Å². The Balaban J connectivity index is 2.40. The van der Waals surface area contributed by atoms with Gasteiger partial charge in [0, 0.05) is 11.6 Å². The van der Waals surface area contributed by atoms with Crippen molar-refractivity contribution in [2.45, 2.75) is 32.2 Å². The van der Waals surface area contributed by atoms with Gasteiger partial charge in [-0.25, -0.2) is 4.79 Å². The van der Waals surface area contributed by atoms with Crippen LogP contribution in [0.1, 0.15) is 46.8 Å². The first-order valence-electron chi connectivity index (χ1n) is 5.83. The number of phenolic OH excluding ortho intramolecular Hbond substituents is 1. The molecule has 17 heavy (non-hydrogen) atoms. The van der Waals surface area contributed by atoms with Gasteiger partial charge in [-0.1, -0.05) is 6.42 Å². The Morgan fingerprint density at radius 3 is 2.59 bits per heavy atom. The van der Waals surface area contributed by atoms with E-state index in [1.54, 1.807) is 6.92 Å². The molecule has 1 saturated carbocycles. The number of carboxylic acid groups (broad SMARTS) is 1. The predicted molar refractivity (Wildman–Crippen MR) is 64.1 cm³/mol. The summed E-state index contributed by atoms with van der Waals surface area (Å²) in [5, 5.41) is 19.0. The fourth-order valence-electron chi connectivity index (χ4n) is 2.24. The Kier molecular flexibility index (Phi) is 3.07. The van der Waals surface area contributed by atoms with Gasteiger partial charge in [-0.05, 0) is 43.4 Å². The van der Waals surface area contributed by atoms with Crippen molar-refractivity contribution in [3.05, 3.63) is 28.8 Å². The summed E-state index contributed by atoms with van der Waals surface area (Å²) >= 11 is 0. The van der Waals surface area contributed by atoms with Gasteiger partial charge in [-0.3, -0.25) is 0 Å². The molecule has 0 saturated heterocycles. The van der Waals surface area contributed by atoms with Crippen LogP contribution in [0.4, 0.5) is 0 Å². The molecule has 1 aromatic carbocycles. The van der Waals surface area contributed by atoms with Crippen LogP contribution in [0.15, 0.2) is 12.1 Å². The number of aromatic carboxylic acids is 1. The standard InChI is InChI=1S/C13H17NO3/c1-7-5-9(13(16)17)6-10(12(7)15)11(14)8-3-2-4-8/h5-6,8,11,15H,2-4,14H2,1H3,(H,16,17)/t11-/m0/s1. The average Bonchev–Trinajstić information content (AvgIpc) is 2.18. The summed E-state index contributed by atoms with van der Waals surface area (Å²) in [5.74, 6) is -0.492. The topological polar surface area (TPSA) is 83.5 Å². The maximum atomic E-state index is 11.0. The molecule has 0 spiro atoms. The molecule has 1 aliphatic carbocycles. The van der Waals surface area contributed by atoms with Gasteiger partial charge in [-0.15, -0.1) is 0 Å². The first kappa shape index (κ1) is 11.9. The number of carbonyl (C=O) groups is 1. The molecule has 0 unspecified atom stereocenters. The predicted octanol–water partition coefficient (Wildman–Crippen LogP) is 2.20. The molecule has 4 N–H and O–H groups in total. The molecule has 0 aliphatic heterocycles. The highest BCUT2D eigenvalue weighted by Crippen LogP contribution is 2.40. The van der Waals surface area contributed by atoms with E-state index >= 15 is 0 Å². The van der Waals surface area contributed by atoms with Crippen molar-refractivity contribution in [1.29, 1.82) is 0 Å². The van der Waals surface area contributed by atoms with Crippen molar-refractivity contribution in [3.8, 4) is 5.75 Å². The van der Waals surface area contributed by atoms with Crippen LogP contribution < -0.4 is 5.73 Å². The van der Waals surface area contributed by atoms with Crippen molar-refractivity contribution >= 4 is 5.97 Å². The molecule has 0 amide bonds. The number of rotatable bonds is 3. The lowest BCUT2D eigenvalue weighted by molar-refractivity contribution is 0.0696. The van der Waals surface area contributed by atoms with E-state index in [4.69, 9.17) is 10.8 Å². The van der Waals surface area contributed by atoms with Crippen LogP contribution in [-0.4, -0.2) is 16.2 Å². The maximum Gasteiger partial charge on any atom is 0.335 e. The Morgan fingerprint density at radius 2 is 2.12 bits per heavy atom. The van der Waals surface area contributed by atoms with Crippen LogP contribution in [0.2, 0.25) is 0 Å². The summed E-state index contributed by atoms with van der Waals surface area (Å²) in [6, 6.07) is 2.70. The normalized spacial score (nSPS) is 17.5. The largest absolute Gasteiger partial charge is 0.507 e. The maximum absolute atomic E-state index is 11.0. The van der Waals surface area contributed by atoms with Crippen molar-refractivity contribution in [1.82, 2.24) is 0 Å². The third-order valence-corrected chi connectivity index (χ3v) is 3.59. The zero-order valence-electron chi connectivity index (χ0n) is 9.81. The van der Waals surface area contributed by atoms with Gasteiger partial charge in [0.1, 0.15) is 5.75 Å². The molecule has 0 bridgehead atoms. The van der Waals surface area contributed by atoms with Crippen LogP contribution in [0.3, 0.4) is 0 Å². The minimum atomic E-state index is -0.991. The first-order chi connectivity index (χ1) is 8.00. The van der Waals surface area contributed by atoms with Crippen molar-refractivity contribution in [3.63, 3.8) is 0 Å². The Labute approximate surface area is 100 Å². The second-order valence-electron chi connectivity index (χ2n) is 4.75. The second-order valence-corrected chi connectivity index (χ2v) is 4.75. The number of carboxylic acids is 1. The zero-order valence-corrected chi connectivity index (χ0v) is 9.81. The molecule has 1 aromatic rings. The third-order valence-electron chi connectivity index (χ3n) is 3.59. The van der Waals surface area contributed by atoms with Gasteiger partial charge in [0.05, 0.1) is 5.56 Å². The number of benzene rings is 1. The number of aromatic hydroxyl groups is 1. The van der Waals surface area contributed by atoms with E-state index < -0.39 is 5.97 Å². The lowest BCUT2D eigenvalue weighted by Crippen LogP contribution is -2.27. The number of hydrogen-bond acceptors (Lipinski definition) is 3. The smallest absolute Gasteiger partial charge is 0.335 e. The van der Waals surface area contributed by atoms with Crippen LogP contribution >= 0.6 is 0 Å². The Bertz CT molecular complexity index is 452. The van der Waals surface area contributed by atoms with E-state index in [-0.39, 0.29) is 17.4 Å². The zero-order chi connectivity index (χ0) is 12.6. The van der Waals surface area contributed by atoms with Gasteiger partial charge in [-0.2, -0.15) is 0 Å². The quantitative estimate of drug-likeness (QED) is 0.750. The molecule has 92 valence electrons. The van der Waals surface area contributed by atoms with Gasteiger partial charge in [0.25, 0.3) is 0 Å². The van der Waals surface area contributed by atoms with E-state index in [9.17, 15) is 9.90 Å². The minimum Gasteiger partial charge on any atom is -0.507 e. The van der Waals surface area contributed by atoms with Crippen LogP contribution in [0.5, 0.6) is 5.75 Å². The summed E-state index contributed by atoms with van der Waals surface area (Å²) in [4.78, 5) is 11.0. The van der Waals surface area contributed by atoms with Crippen LogP contribution in [0, 0.1) is 12.8 Å². The molecular formula is C13H17NO3. The van der Waals surface area contributed by atoms with Gasteiger partial charge < -0.3 is 15.9 Å². The van der Waals surface area contributed by atoms with Gasteiger partial charge in [0.15, 0.2) is 0 Å². The third kappa shape index (κ3) is 2.13. The number of aryl methyl sites for hydroxylation is 1. The molecule has 0 radical (unpaired) electrons. The highest BCUT2D eigenvalue weighted by atomic mass is 16.4. The van der Waals surface area contributed by atoms with Crippen molar-refractivity contribution in [2.24, 2.45) is 11.7 Å². The van der Waals surface area contributed by atoms with Crippen molar-refractivity contribution < 1.29 is 15.0 Å². The van der Waals surface area contributed by atoms with Gasteiger partial charge >= 0.3 is 5.97 Å². The van der Waals surface area contributed by atoms with Crippen LogP contribution in [-0.2, 0) is 0 Å². The molecule has 0 aromatic heterocycles. The molecule has 0 heterocycles. The summed E-state index contributed by atoms with van der Waals surface area (Å²) < 4.78 is 0. The Morgan fingerprint density at radius 1 is 1.47 bits per heavy atom. The molecule has 4 nitrogen and oxygen atoms in total. The number of nitrogens with two attached hydrogens (primary N) is 1. The SMILES string of the molecule is Cc1cc(C(=O)O)cc([C@@H](N)C2CCC2)c1O. The fourth-order valence-corrected chi connectivity index (χ4v) is 2.24. The molecule has 1 atom stereocenters. The number of hydrogen-bond donors (Lipinski definition) is 3. The van der Waals surface area contributed by atoms with Gasteiger partial charge in [0.2, 0.25) is 0 Å². The van der Waals surface area contributed by atoms with E-state index in [1.807, 2.05) is 0 Å². The molecule has 2 rings (SSSR count). The van der Waals surface area contributed by atoms with Crippen molar-refractivity contribution in [2.75, 3.05) is 0 Å². The Hall–Kier alpha value is -1.55. The lowest BCUT2D eigenvalue weighted by atomic mass is 9.77. The first-order valence-corrected chi connectivity index (χ1v) is 5.83.